The van der Waals surface area contributed by atoms with E-state index in [0.29, 0.717) is 10.2 Å². The number of aromatic nitrogens is 1. The molecule has 1 aromatic rings. The second-order valence-corrected chi connectivity index (χ2v) is 6.07. The summed E-state index contributed by atoms with van der Waals surface area (Å²) in [6.07, 6.45) is 1.72. The lowest BCUT2D eigenvalue weighted by atomic mass is 10.2. The molecule has 19 heavy (non-hydrogen) atoms. The molecule has 1 aliphatic rings. The molecule has 5 nitrogen and oxygen atoms in total. The smallest absolute Gasteiger partial charge is 0.147 e. The Balaban J connectivity index is 1.85. The molecule has 1 aliphatic heterocycles. The normalized spacial score (nSPS) is 19.5. The number of hydrogen-bond donors (Lipinski definition) is 0. The van der Waals surface area contributed by atoms with E-state index in [-0.39, 0.29) is 5.88 Å². The zero-order valence-electron chi connectivity index (χ0n) is 10.2. The highest BCUT2D eigenvalue weighted by Crippen LogP contribution is 2.20. The van der Waals surface area contributed by atoms with Crippen LogP contribution < -0.4 is 0 Å². The van der Waals surface area contributed by atoms with E-state index in [2.05, 4.69) is 9.88 Å². The first-order valence-corrected chi connectivity index (χ1v) is 7.85. The molecule has 1 unspecified atom stereocenters. The lowest BCUT2D eigenvalue weighted by molar-refractivity contribution is 0.141. The monoisotopic (exact) mass is 322 g/mol. The minimum absolute atomic E-state index is 0.113. The second kappa shape index (κ2) is 6.97. The first-order valence-electron chi connectivity index (χ1n) is 5.85. The first-order chi connectivity index (χ1) is 9.04. The lowest BCUT2D eigenvalue weighted by Gasteiger charge is -2.34. The fourth-order valence-electron chi connectivity index (χ4n) is 2.03. The molecular weight excluding hydrogens is 309 g/mol. The predicted octanol–water partition coefficient (Wildman–Crippen LogP) is 1.34. The molecule has 0 bridgehead atoms. The molecule has 0 saturated carbocycles. The van der Waals surface area contributed by atoms with E-state index in [1.165, 1.54) is 0 Å². The Kier molecular flexibility index (Phi) is 5.56. The van der Waals surface area contributed by atoms with Crippen molar-refractivity contribution in [2.45, 2.75) is 6.54 Å². The molecule has 2 heterocycles. The maximum atomic E-state index is 10.6. The minimum atomic E-state index is -2.00. The Hall–Kier alpha value is -0.240. The number of halogens is 2. The first kappa shape index (κ1) is 15.2. The van der Waals surface area contributed by atoms with Gasteiger partial charge in [-0.1, -0.05) is 23.2 Å². The maximum absolute atomic E-state index is 10.6. The third-order valence-electron chi connectivity index (χ3n) is 3.01. The van der Waals surface area contributed by atoms with Crippen molar-refractivity contribution in [1.82, 2.24) is 14.8 Å². The van der Waals surface area contributed by atoms with Crippen LogP contribution in [-0.2, 0) is 17.6 Å². The van der Waals surface area contributed by atoms with Gasteiger partial charge >= 0.3 is 0 Å². The summed E-state index contributed by atoms with van der Waals surface area (Å²) in [5, 5.41) is 0.771. The van der Waals surface area contributed by atoms with E-state index in [9.17, 15) is 8.76 Å². The number of hydrogen-bond acceptors (Lipinski definition) is 5. The van der Waals surface area contributed by atoms with Crippen molar-refractivity contribution in [3.63, 3.8) is 0 Å². The summed E-state index contributed by atoms with van der Waals surface area (Å²) in [5.74, 6) is 0.113. The molecular formula is C11H14Cl2N3O2S-. The van der Waals surface area contributed by atoms with E-state index < -0.39 is 11.1 Å². The van der Waals surface area contributed by atoms with E-state index >= 15 is 0 Å². The second-order valence-electron chi connectivity index (χ2n) is 4.44. The van der Waals surface area contributed by atoms with Gasteiger partial charge in [-0.3, -0.25) is 14.0 Å². The molecule has 0 spiro atoms. The SMILES string of the molecule is O=S([O-])CN1CCN(Cc2cnc(Cl)c(Cl)c2)CC1. The van der Waals surface area contributed by atoms with Crippen LogP contribution in [0.3, 0.4) is 0 Å². The van der Waals surface area contributed by atoms with Crippen molar-refractivity contribution < 1.29 is 8.76 Å². The van der Waals surface area contributed by atoms with Gasteiger partial charge in [0.15, 0.2) is 0 Å². The van der Waals surface area contributed by atoms with Gasteiger partial charge in [-0.25, -0.2) is 4.98 Å². The van der Waals surface area contributed by atoms with Crippen LogP contribution in [0.25, 0.3) is 0 Å². The van der Waals surface area contributed by atoms with Crippen LogP contribution in [0.15, 0.2) is 12.3 Å². The number of rotatable bonds is 4. The van der Waals surface area contributed by atoms with Crippen LogP contribution in [0.5, 0.6) is 0 Å². The Morgan fingerprint density at radius 3 is 2.47 bits per heavy atom. The molecule has 2 rings (SSSR count). The third kappa shape index (κ3) is 4.66. The molecule has 1 fully saturated rings. The molecule has 0 N–H and O–H groups in total. The standard InChI is InChI=1S/C11H15Cl2N3O2S/c12-10-5-9(6-14-11(10)13)7-15-1-3-16(4-2-15)8-19(17)18/h5-6H,1-4,7-8H2,(H,17,18)/p-1. The number of nitrogens with zero attached hydrogens (tertiary/aromatic N) is 3. The van der Waals surface area contributed by atoms with Crippen molar-refractivity contribution in [3.05, 3.63) is 28.0 Å². The van der Waals surface area contributed by atoms with Gasteiger partial charge in [0.05, 0.1) is 10.9 Å². The van der Waals surface area contributed by atoms with Gasteiger partial charge in [0.25, 0.3) is 0 Å². The highest BCUT2D eigenvalue weighted by atomic mass is 35.5. The largest absolute Gasteiger partial charge is 0.771 e. The molecule has 1 atom stereocenters. The predicted molar refractivity (Wildman–Crippen MR) is 74.9 cm³/mol. The van der Waals surface area contributed by atoms with Crippen molar-refractivity contribution in [2.24, 2.45) is 0 Å². The molecule has 0 aliphatic carbocycles. The summed E-state index contributed by atoms with van der Waals surface area (Å²) in [6, 6.07) is 1.82. The maximum Gasteiger partial charge on any atom is 0.147 e. The van der Waals surface area contributed by atoms with Gasteiger partial charge in [0.2, 0.25) is 0 Å². The molecule has 1 aromatic heterocycles. The molecule has 0 amide bonds. The summed E-state index contributed by atoms with van der Waals surface area (Å²) in [4.78, 5) is 8.18. The van der Waals surface area contributed by atoms with Crippen molar-refractivity contribution in [2.75, 3.05) is 32.1 Å². The van der Waals surface area contributed by atoms with Gasteiger partial charge < -0.3 is 4.55 Å². The van der Waals surface area contributed by atoms with Crippen molar-refractivity contribution in [1.29, 1.82) is 0 Å². The van der Waals surface area contributed by atoms with E-state index in [4.69, 9.17) is 23.2 Å². The van der Waals surface area contributed by atoms with Crippen molar-refractivity contribution >= 4 is 34.3 Å². The van der Waals surface area contributed by atoms with Gasteiger partial charge in [-0.2, -0.15) is 0 Å². The molecule has 106 valence electrons. The Labute approximate surface area is 124 Å². The van der Waals surface area contributed by atoms with Crippen LogP contribution in [-0.4, -0.2) is 55.6 Å². The van der Waals surface area contributed by atoms with Crippen LogP contribution in [0, 0.1) is 0 Å². The average Bonchev–Trinajstić information content (AvgIpc) is 2.36. The van der Waals surface area contributed by atoms with Crippen LogP contribution in [0.1, 0.15) is 5.56 Å². The van der Waals surface area contributed by atoms with Crippen molar-refractivity contribution in [3.8, 4) is 0 Å². The minimum Gasteiger partial charge on any atom is -0.771 e. The van der Waals surface area contributed by atoms with E-state index in [1.807, 2.05) is 11.0 Å². The van der Waals surface area contributed by atoms with Crippen LogP contribution in [0.2, 0.25) is 10.2 Å². The fourth-order valence-corrected chi connectivity index (χ4v) is 2.88. The Bertz CT molecular complexity index is 467. The van der Waals surface area contributed by atoms with E-state index in [0.717, 1.165) is 38.3 Å². The summed E-state index contributed by atoms with van der Waals surface area (Å²) >= 11 is 9.69. The van der Waals surface area contributed by atoms with Gasteiger partial charge in [-0.15, -0.1) is 0 Å². The summed E-state index contributed by atoms with van der Waals surface area (Å²) in [6.45, 7) is 3.92. The molecule has 8 heteroatoms. The Morgan fingerprint density at radius 2 is 1.89 bits per heavy atom. The van der Waals surface area contributed by atoms with Gasteiger partial charge in [-0.05, 0) is 22.7 Å². The number of piperazine rings is 1. The highest BCUT2D eigenvalue weighted by Gasteiger charge is 2.17. The fraction of sp³-hybridized carbons (Fsp3) is 0.545. The summed E-state index contributed by atoms with van der Waals surface area (Å²) < 4.78 is 21.2. The zero-order valence-corrected chi connectivity index (χ0v) is 12.5. The topological polar surface area (TPSA) is 59.5 Å². The Morgan fingerprint density at radius 1 is 1.26 bits per heavy atom. The molecule has 0 radical (unpaired) electrons. The zero-order chi connectivity index (χ0) is 13.8. The number of pyridine rings is 1. The van der Waals surface area contributed by atoms with Gasteiger partial charge in [0.1, 0.15) is 5.15 Å². The van der Waals surface area contributed by atoms with Crippen LogP contribution in [0.4, 0.5) is 0 Å². The molecule has 0 aromatic carbocycles. The summed E-state index contributed by atoms with van der Waals surface area (Å²) in [5.41, 5.74) is 1.01. The highest BCUT2D eigenvalue weighted by molar-refractivity contribution is 7.79. The van der Waals surface area contributed by atoms with Gasteiger partial charge in [0, 0.05) is 38.9 Å². The lowest BCUT2D eigenvalue weighted by Crippen LogP contribution is -2.46. The third-order valence-corrected chi connectivity index (χ3v) is 4.27. The quantitative estimate of drug-likeness (QED) is 0.618. The van der Waals surface area contributed by atoms with Crippen LogP contribution >= 0.6 is 23.2 Å². The summed E-state index contributed by atoms with van der Waals surface area (Å²) in [7, 11) is 0. The average molecular weight is 323 g/mol. The van der Waals surface area contributed by atoms with E-state index in [1.54, 1.807) is 6.20 Å². The molecule has 1 saturated heterocycles.